The third kappa shape index (κ3) is 4.95. The zero-order chi connectivity index (χ0) is 24.9. The zero-order valence-corrected chi connectivity index (χ0v) is 20.1. The van der Waals surface area contributed by atoms with Crippen molar-refractivity contribution in [3.05, 3.63) is 126 Å². The molecule has 0 bridgehead atoms. The number of amides is 1. The molecule has 0 radical (unpaired) electrons. The van der Waals surface area contributed by atoms with Gasteiger partial charge in [0.2, 0.25) is 0 Å². The average molecular weight is 495 g/mol. The molecule has 36 heavy (non-hydrogen) atoms. The van der Waals surface area contributed by atoms with Crippen molar-refractivity contribution in [3.8, 4) is 11.3 Å². The fourth-order valence-corrected chi connectivity index (χ4v) is 5.18. The molecule has 0 aliphatic carbocycles. The fourth-order valence-electron chi connectivity index (χ4n) is 4.12. The molecule has 0 unspecified atom stereocenters. The number of thioether (sulfide) groups is 1. The first-order valence-corrected chi connectivity index (χ1v) is 12.6. The van der Waals surface area contributed by atoms with Gasteiger partial charge in [0.15, 0.2) is 5.78 Å². The Morgan fingerprint density at radius 2 is 1.44 bits per heavy atom. The minimum Gasteiger partial charge on any atom is -0.354 e. The van der Waals surface area contributed by atoms with Gasteiger partial charge in [0, 0.05) is 39.2 Å². The molecule has 2 N–H and O–H groups in total. The predicted octanol–water partition coefficient (Wildman–Crippen LogP) is 6.73. The highest BCUT2D eigenvalue weighted by atomic mass is 32.2. The quantitative estimate of drug-likeness (QED) is 0.143. The van der Waals surface area contributed by atoms with E-state index in [0.717, 1.165) is 27.1 Å². The molecule has 1 heterocycles. The van der Waals surface area contributed by atoms with Crippen LogP contribution in [0.2, 0.25) is 0 Å². The molecular formula is C30H23FN2O2S. The second-order valence-corrected chi connectivity index (χ2v) is 9.33. The Balaban J connectivity index is 1.30. The summed E-state index contributed by atoms with van der Waals surface area (Å²) in [6.45, 7) is 0.416. The largest absolute Gasteiger partial charge is 0.354 e. The van der Waals surface area contributed by atoms with Crippen LogP contribution in [-0.4, -0.2) is 29.0 Å². The Morgan fingerprint density at radius 3 is 2.22 bits per heavy atom. The molecule has 1 aromatic heterocycles. The number of benzene rings is 4. The lowest BCUT2D eigenvalue weighted by Gasteiger charge is -2.10. The van der Waals surface area contributed by atoms with Crippen LogP contribution in [0.15, 0.2) is 108 Å². The Kier molecular flexibility index (Phi) is 6.96. The van der Waals surface area contributed by atoms with Crippen molar-refractivity contribution in [2.24, 2.45) is 0 Å². The van der Waals surface area contributed by atoms with Gasteiger partial charge in [0.05, 0.1) is 11.3 Å². The van der Waals surface area contributed by atoms with Gasteiger partial charge in [-0.05, 0) is 42.0 Å². The van der Waals surface area contributed by atoms with Gasteiger partial charge < -0.3 is 10.3 Å². The lowest BCUT2D eigenvalue weighted by Crippen LogP contribution is -2.27. The standard InChI is InChI=1S/C30H23FN2O2S/c31-22-16-14-20(15-17-22)27-29(25-12-6-7-13-26(25)33-27)36-19-18-32-30(35)24-11-5-4-10-23(24)28(34)21-8-2-1-3-9-21/h1-17,33H,18-19H2,(H,32,35). The van der Waals surface area contributed by atoms with Crippen LogP contribution in [0.5, 0.6) is 0 Å². The number of hydrogen-bond donors (Lipinski definition) is 2. The summed E-state index contributed by atoms with van der Waals surface area (Å²) in [5.74, 6) is -0.124. The topological polar surface area (TPSA) is 62.0 Å². The highest BCUT2D eigenvalue weighted by Crippen LogP contribution is 2.37. The summed E-state index contributed by atoms with van der Waals surface area (Å²) >= 11 is 1.62. The predicted molar refractivity (Wildman–Crippen MR) is 143 cm³/mol. The second kappa shape index (κ2) is 10.6. The lowest BCUT2D eigenvalue weighted by molar-refractivity contribution is 0.0944. The summed E-state index contributed by atoms with van der Waals surface area (Å²) in [7, 11) is 0. The highest BCUT2D eigenvalue weighted by Gasteiger charge is 2.18. The van der Waals surface area contributed by atoms with Gasteiger partial charge in [-0.1, -0.05) is 66.7 Å². The summed E-state index contributed by atoms with van der Waals surface area (Å²) in [5, 5.41) is 4.03. The van der Waals surface area contributed by atoms with Crippen molar-refractivity contribution in [1.29, 1.82) is 0 Å². The smallest absolute Gasteiger partial charge is 0.252 e. The summed E-state index contributed by atoms with van der Waals surface area (Å²) in [6.07, 6.45) is 0. The molecule has 0 aliphatic rings. The summed E-state index contributed by atoms with van der Waals surface area (Å²) in [5.41, 5.74) is 4.09. The maximum Gasteiger partial charge on any atom is 0.252 e. The molecule has 4 aromatic carbocycles. The number of halogens is 1. The van der Waals surface area contributed by atoms with Crippen LogP contribution in [0, 0.1) is 5.82 Å². The molecule has 178 valence electrons. The number of carbonyl (C=O) groups is 2. The first-order chi connectivity index (χ1) is 17.6. The van der Waals surface area contributed by atoms with Crippen LogP contribution >= 0.6 is 11.8 Å². The van der Waals surface area contributed by atoms with Gasteiger partial charge in [0.25, 0.3) is 5.91 Å². The van der Waals surface area contributed by atoms with E-state index in [4.69, 9.17) is 0 Å². The molecule has 0 atom stereocenters. The molecule has 0 aliphatic heterocycles. The number of aromatic amines is 1. The fraction of sp³-hybridized carbons (Fsp3) is 0.0667. The number of nitrogens with one attached hydrogen (secondary N) is 2. The van der Waals surface area contributed by atoms with Gasteiger partial charge in [-0.3, -0.25) is 9.59 Å². The van der Waals surface area contributed by atoms with Crippen LogP contribution in [0.25, 0.3) is 22.2 Å². The van der Waals surface area contributed by atoms with E-state index in [0.29, 0.717) is 29.0 Å². The van der Waals surface area contributed by atoms with Crippen LogP contribution in [-0.2, 0) is 0 Å². The van der Waals surface area contributed by atoms with E-state index in [1.165, 1.54) is 12.1 Å². The zero-order valence-electron chi connectivity index (χ0n) is 19.3. The van der Waals surface area contributed by atoms with Gasteiger partial charge in [-0.2, -0.15) is 0 Å². The molecule has 0 fully saturated rings. The van der Waals surface area contributed by atoms with Gasteiger partial charge in [-0.25, -0.2) is 4.39 Å². The number of ketones is 1. The molecule has 4 nitrogen and oxygen atoms in total. The van der Waals surface area contributed by atoms with E-state index in [2.05, 4.69) is 10.3 Å². The number of para-hydroxylation sites is 1. The minimum atomic E-state index is -0.284. The Labute approximate surface area is 212 Å². The molecule has 0 spiro atoms. The van der Waals surface area contributed by atoms with Crippen LogP contribution in [0.1, 0.15) is 26.3 Å². The number of carbonyl (C=O) groups excluding carboxylic acids is 2. The van der Waals surface area contributed by atoms with Crippen molar-refractivity contribution in [2.45, 2.75) is 4.90 Å². The number of rotatable bonds is 8. The van der Waals surface area contributed by atoms with Crippen LogP contribution in [0.3, 0.4) is 0 Å². The summed E-state index contributed by atoms with van der Waals surface area (Å²) in [4.78, 5) is 30.4. The second-order valence-electron chi connectivity index (χ2n) is 8.23. The molecular weight excluding hydrogens is 471 g/mol. The van der Waals surface area contributed by atoms with E-state index in [-0.39, 0.29) is 17.5 Å². The van der Waals surface area contributed by atoms with Gasteiger partial charge in [0.1, 0.15) is 5.82 Å². The van der Waals surface area contributed by atoms with Crippen LogP contribution < -0.4 is 5.32 Å². The molecule has 1 amide bonds. The first-order valence-electron chi connectivity index (χ1n) is 11.6. The molecule has 0 saturated heterocycles. The van der Waals surface area contributed by atoms with Crippen molar-refractivity contribution >= 4 is 34.4 Å². The van der Waals surface area contributed by atoms with Crippen LogP contribution in [0.4, 0.5) is 4.39 Å². The van der Waals surface area contributed by atoms with E-state index in [1.54, 1.807) is 72.4 Å². The molecule has 5 rings (SSSR count). The van der Waals surface area contributed by atoms with E-state index >= 15 is 0 Å². The lowest BCUT2D eigenvalue weighted by atomic mass is 9.98. The third-order valence-electron chi connectivity index (χ3n) is 5.88. The first kappa shape index (κ1) is 23.6. The SMILES string of the molecule is O=C(NCCSc1c(-c2ccc(F)cc2)[nH]c2ccccc12)c1ccccc1C(=O)c1ccccc1. The van der Waals surface area contributed by atoms with Crippen molar-refractivity contribution < 1.29 is 14.0 Å². The average Bonchev–Trinajstić information content (AvgIpc) is 3.30. The number of H-pyrrole nitrogens is 1. The third-order valence-corrected chi connectivity index (χ3v) is 7.00. The Morgan fingerprint density at radius 1 is 0.778 bits per heavy atom. The summed E-state index contributed by atoms with van der Waals surface area (Å²) in [6, 6.07) is 30.2. The van der Waals surface area contributed by atoms with Crippen molar-refractivity contribution in [1.82, 2.24) is 10.3 Å². The molecule has 0 saturated carbocycles. The van der Waals surface area contributed by atoms with Crippen molar-refractivity contribution in [3.63, 3.8) is 0 Å². The maximum atomic E-state index is 13.5. The monoisotopic (exact) mass is 494 g/mol. The number of hydrogen-bond acceptors (Lipinski definition) is 3. The highest BCUT2D eigenvalue weighted by molar-refractivity contribution is 7.99. The van der Waals surface area contributed by atoms with Gasteiger partial charge >= 0.3 is 0 Å². The van der Waals surface area contributed by atoms with Crippen molar-refractivity contribution in [2.75, 3.05) is 12.3 Å². The molecule has 6 heteroatoms. The van der Waals surface area contributed by atoms with E-state index in [1.807, 2.05) is 30.3 Å². The number of fused-ring (bicyclic) bond motifs is 1. The normalized spacial score (nSPS) is 10.9. The number of aromatic nitrogens is 1. The summed E-state index contributed by atoms with van der Waals surface area (Å²) < 4.78 is 13.5. The van der Waals surface area contributed by atoms with Gasteiger partial charge in [-0.15, -0.1) is 11.8 Å². The van der Waals surface area contributed by atoms with E-state index < -0.39 is 0 Å². The Hall–Kier alpha value is -4.16. The minimum absolute atomic E-state index is 0.182. The van der Waals surface area contributed by atoms with E-state index in [9.17, 15) is 14.0 Å². The molecule has 5 aromatic rings. The Bertz CT molecular complexity index is 1530. The maximum absolute atomic E-state index is 13.5.